The first-order valence-electron chi connectivity index (χ1n) is 6.34. The summed E-state index contributed by atoms with van der Waals surface area (Å²) in [6.45, 7) is 1.64. The van der Waals surface area contributed by atoms with Crippen LogP contribution in [0.5, 0.6) is 0 Å². The molecule has 110 valence electrons. The van der Waals surface area contributed by atoms with Gasteiger partial charge in [-0.05, 0) is 31.2 Å². The predicted octanol–water partition coefficient (Wildman–Crippen LogP) is -0.00590. The third-order valence-electron chi connectivity index (χ3n) is 2.80. The summed E-state index contributed by atoms with van der Waals surface area (Å²) in [5, 5.41) is 11.6. The Morgan fingerprint density at radius 1 is 1.33 bits per heavy atom. The van der Waals surface area contributed by atoms with E-state index in [0.717, 1.165) is 0 Å². The Bertz CT molecular complexity index is 608. The second-order valence-corrected chi connectivity index (χ2v) is 4.46. The van der Waals surface area contributed by atoms with E-state index in [0.29, 0.717) is 17.1 Å². The van der Waals surface area contributed by atoms with Crippen LogP contribution in [0.25, 0.3) is 0 Å². The van der Waals surface area contributed by atoms with Crippen LogP contribution >= 0.6 is 0 Å². The molecule has 0 radical (unpaired) electrons. The Hall–Kier alpha value is -2.90. The van der Waals surface area contributed by atoms with E-state index in [1.54, 1.807) is 31.2 Å². The van der Waals surface area contributed by atoms with Crippen LogP contribution in [0.2, 0.25) is 0 Å². The van der Waals surface area contributed by atoms with Crippen molar-refractivity contribution >= 4 is 17.5 Å². The lowest BCUT2D eigenvalue weighted by Gasteiger charge is -2.11. The van der Waals surface area contributed by atoms with E-state index in [1.807, 2.05) is 0 Å². The fourth-order valence-corrected chi connectivity index (χ4v) is 1.68. The zero-order chi connectivity index (χ0) is 15.2. The van der Waals surface area contributed by atoms with Gasteiger partial charge in [-0.25, -0.2) is 4.98 Å². The average molecular weight is 288 g/mol. The number of benzene rings is 1. The lowest BCUT2D eigenvalue weighted by atomic mass is 10.2. The number of nitrogens with one attached hydrogen (secondary N) is 3. The molecule has 0 aliphatic carbocycles. The number of rotatable bonds is 5. The molecule has 0 saturated heterocycles. The number of anilines is 1. The van der Waals surface area contributed by atoms with Gasteiger partial charge in [0.05, 0.1) is 12.6 Å². The van der Waals surface area contributed by atoms with E-state index in [2.05, 4.69) is 25.8 Å². The second-order valence-electron chi connectivity index (χ2n) is 4.46. The molecule has 1 unspecified atom stereocenters. The number of nitrogens with two attached hydrogens (primary N) is 1. The third kappa shape index (κ3) is 4.03. The number of amides is 2. The van der Waals surface area contributed by atoms with E-state index in [-0.39, 0.29) is 24.4 Å². The van der Waals surface area contributed by atoms with E-state index >= 15 is 0 Å². The molecule has 21 heavy (non-hydrogen) atoms. The fraction of sp³-hybridized carbons (Fsp3) is 0.231. The molecule has 0 fully saturated rings. The van der Waals surface area contributed by atoms with Crippen molar-refractivity contribution in [3.8, 4) is 0 Å². The number of aromatic amines is 1. The zero-order valence-corrected chi connectivity index (χ0v) is 11.5. The minimum atomic E-state index is -0.336. The first-order valence-corrected chi connectivity index (χ1v) is 6.34. The summed E-state index contributed by atoms with van der Waals surface area (Å²) in [5.41, 5.74) is 6.56. The molecular weight excluding hydrogens is 272 g/mol. The molecule has 8 nitrogen and oxygen atoms in total. The highest BCUT2D eigenvalue weighted by molar-refractivity contribution is 5.96. The normalized spacial score (nSPS) is 11.7. The van der Waals surface area contributed by atoms with Crippen molar-refractivity contribution in [1.29, 1.82) is 0 Å². The van der Waals surface area contributed by atoms with Gasteiger partial charge in [-0.3, -0.25) is 14.7 Å². The van der Waals surface area contributed by atoms with Crippen molar-refractivity contribution in [1.82, 2.24) is 25.8 Å². The van der Waals surface area contributed by atoms with Crippen LogP contribution in [-0.4, -0.2) is 33.5 Å². The van der Waals surface area contributed by atoms with Gasteiger partial charge in [0.2, 0.25) is 5.91 Å². The quantitative estimate of drug-likeness (QED) is 0.576. The van der Waals surface area contributed by atoms with Gasteiger partial charge in [-0.2, -0.15) is 5.10 Å². The van der Waals surface area contributed by atoms with E-state index in [1.165, 1.54) is 6.33 Å². The molecule has 1 aromatic heterocycles. The van der Waals surface area contributed by atoms with Crippen molar-refractivity contribution in [3.05, 3.63) is 42.0 Å². The summed E-state index contributed by atoms with van der Waals surface area (Å²) in [6.07, 6.45) is 1.36. The third-order valence-corrected chi connectivity index (χ3v) is 2.80. The summed E-state index contributed by atoms with van der Waals surface area (Å²) >= 11 is 0. The number of nitrogen functional groups attached to an aromatic ring is 1. The molecule has 2 amide bonds. The van der Waals surface area contributed by atoms with Crippen LogP contribution in [0.4, 0.5) is 5.69 Å². The van der Waals surface area contributed by atoms with Crippen molar-refractivity contribution < 1.29 is 9.59 Å². The Morgan fingerprint density at radius 2 is 2.05 bits per heavy atom. The number of H-pyrrole nitrogens is 1. The summed E-state index contributed by atoms with van der Waals surface area (Å²) in [4.78, 5) is 27.5. The van der Waals surface area contributed by atoms with E-state index < -0.39 is 0 Å². The van der Waals surface area contributed by atoms with Crippen LogP contribution in [0.15, 0.2) is 30.6 Å². The van der Waals surface area contributed by atoms with E-state index in [4.69, 9.17) is 5.73 Å². The maximum absolute atomic E-state index is 11.8. The van der Waals surface area contributed by atoms with Gasteiger partial charge in [0.15, 0.2) is 0 Å². The number of hydrogen-bond acceptors (Lipinski definition) is 5. The van der Waals surface area contributed by atoms with Gasteiger partial charge >= 0.3 is 0 Å². The minimum Gasteiger partial charge on any atom is -0.399 e. The summed E-state index contributed by atoms with van der Waals surface area (Å²) in [7, 11) is 0. The maximum atomic E-state index is 11.8. The molecule has 1 atom stereocenters. The van der Waals surface area contributed by atoms with Gasteiger partial charge in [0, 0.05) is 11.3 Å². The van der Waals surface area contributed by atoms with Crippen LogP contribution in [0.1, 0.15) is 29.1 Å². The van der Waals surface area contributed by atoms with Crippen molar-refractivity contribution in [3.63, 3.8) is 0 Å². The molecule has 0 bridgehead atoms. The standard InChI is InChI=1S/C13H16N6O2/c1-8(12-16-7-17-19-12)18-11(20)6-15-13(21)9-2-4-10(14)5-3-9/h2-5,7-8H,6,14H2,1H3,(H,15,21)(H,18,20)(H,16,17,19). The highest BCUT2D eigenvalue weighted by Gasteiger charge is 2.13. The molecule has 2 aromatic rings. The predicted molar refractivity (Wildman–Crippen MR) is 76.1 cm³/mol. The van der Waals surface area contributed by atoms with Gasteiger partial charge in [-0.15, -0.1) is 0 Å². The minimum absolute atomic E-state index is 0.123. The summed E-state index contributed by atoms with van der Waals surface area (Å²) in [5.74, 6) is -0.103. The Labute approximate surface area is 121 Å². The Balaban J connectivity index is 1.81. The highest BCUT2D eigenvalue weighted by atomic mass is 16.2. The number of hydrogen-bond donors (Lipinski definition) is 4. The maximum Gasteiger partial charge on any atom is 0.251 e. The monoisotopic (exact) mass is 288 g/mol. The first-order chi connectivity index (χ1) is 10.1. The molecule has 1 aromatic carbocycles. The Kier molecular flexibility index (Phi) is 4.50. The molecule has 5 N–H and O–H groups in total. The van der Waals surface area contributed by atoms with E-state index in [9.17, 15) is 9.59 Å². The van der Waals surface area contributed by atoms with Gasteiger partial charge < -0.3 is 16.4 Å². The number of carbonyl (C=O) groups is 2. The average Bonchev–Trinajstić information content (AvgIpc) is 3.00. The molecule has 1 heterocycles. The number of carbonyl (C=O) groups excluding carboxylic acids is 2. The topological polar surface area (TPSA) is 126 Å². The molecule has 0 aliphatic rings. The fourth-order valence-electron chi connectivity index (χ4n) is 1.68. The van der Waals surface area contributed by atoms with Crippen molar-refractivity contribution in [2.24, 2.45) is 0 Å². The molecule has 0 saturated carbocycles. The second kappa shape index (κ2) is 6.51. The summed E-state index contributed by atoms with van der Waals surface area (Å²) in [6, 6.07) is 6.13. The first kappa shape index (κ1) is 14.5. The molecule has 8 heteroatoms. The SMILES string of the molecule is CC(NC(=O)CNC(=O)c1ccc(N)cc1)c1ncn[nH]1. The van der Waals surface area contributed by atoms with Crippen molar-refractivity contribution in [2.45, 2.75) is 13.0 Å². The lowest BCUT2D eigenvalue weighted by Crippen LogP contribution is -2.38. The van der Waals surface area contributed by atoms with Crippen LogP contribution < -0.4 is 16.4 Å². The van der Waals surface area contributed by atoms with Crippen LogP contribution in [0, 0.1) is 0 Å². The lowest BCUT2D eigenvalue weighted by molar-refractivity contribution is -0.120. The molecule has 0 aliphatic heterocycles. The number of aromatic nitrogens is 3. The number of nitrogens with zero attached hydrogens (tertiary/aromatic N) is 2. The van der Waals surface area contributed by atoms with Crippen LogP contribution in [0.3, 0.4) is 0 Å². The molecule has 0 spiro atoms. The molecular formula is C13H16N6O2. The largest absolute Gasteiger partial charge is 0.399 e. The van der Waals surface area contributed by atoms with Gasteiger partial charge in [0.25, 0.3) is 5.91 Å². The zero-order valence-electron chi connectivity index (χ0n) is 11.5. The highest BCUT2D eigenvalue weighted by Crippen LogP contribution is 2.05. The molecule has 2 rings (SSSR count). The van der Waals surface area contributed by atoms with Gasteiger partial charge in [0.1, 0.15) is 12.2 Å². The Morgan fingerprint density at radius 3 is 2.67 bits per heavy atom. The summed E-state index contributed by atoms with van der Waals surface area (Å²) < 4.78 is 0. The van der Waals surface area contributed by atoms with Crippen LogP contribution in [-0.2, 0) is 4.79 Å². The van der Waals surface area contributed by atoms with Crippen molar-refractivity contribution in [2.75, 3.05) is 12.3 Å². The van der Waals surface area contributed by atoms with Gasteiger partial charge in [-0.1, -0.05) is 0 Å². The smallest absolute Gasteiger partial charge is 0.251 e.